The second kappa shape index (κ2) is 5.09. The topological polar surface area (TPSA) is 108 Å². The van der Waals surface area contributed by atoms with Gasteiger partial charge in [-0.1, -0.05) is 0 Å². The van der Waals surface area contributed by atoms with Crippen LogP contribution in [0, 0.1) is 0 Å². The number of carbonyl (C=O) groups is 1. The van der Waals surface area contributed by atoms with Gasteiger partial charge in [0.05, 0.1) is 18.0 Å². The number of pyridine rings is 1. The number of hydrogen-bond donors (Lipinski definition) is 3. The van der Waals surface area contributed by atoms with Crippen LogP contribution in [0.4, 0.5) is 5.69 Å². The molecule has 1 amide bonds. The Morgan fingerprint density at radius 1 is 1.56 bits per heavy atom. The van der Waals surface area contributed by atoms with E-state index in [0.717, 1.165) is 12.8 Å². The summed E-state index contributed by atoms with van der Waals surface area (Å²) in [4.78, 5) is 11.9. The van der Waals surface area contributed by atoms with Gasteiger partial charge < -0.3 is 21.7 Å². The number of anilines is 1. The van der Waals surface area contributed by atoms with Crippen LogP contribution < -0.4 is 22.5 Å². The summed E-state index contributed by atoms with van der Waals surface area (Å²) in [6.45, 7) is 1.96. The number of ether oxygens (including phenoxy) is 1. The van der Waals surface area contributed by atoms with E-state index < -0.39 is 0 Å². The van der Waals surface area contributed by atoms with Crippen molar-refractivity contribution in [3.63, 3.8) is 0 Å². The van der Waals surface area contributed by atoms with Crippen LogP contribution in [0.2, 0.25) is 0 Å². The zero-order chi connectivity index (χ0) is 13.1. The molecular formula is C11H17N5O2. The van der Waals surface area contributed by atoms with Crippen molar-refractivity contribution in [1.82, 2.24) is 4.68 Å². The molecule has 18 heavy (non-hydrogen) atoms. The minimum Gasteiger partial charge on any atom is -0.365 e. The lowest BCUT2D eigenvalue weighted by Gasteiger charge is -2.12. The summed E-state index contributed by atoms with van der Waals surface area (Å²) in [7, 11) is 0. The summed E-state index contributed by atoms with van der Waals surface area (Å²) in [6.07, 6.45) is 2.94. The Morgan fingerprint density at radius 2 is 2.33 bits per heavy atom. The Balaban J connectivity index is 2.05. The van der Waals surface area contributed by atoms with Crippen LogP contribution in [0.5, 0.6) is 0 Å². The Kier molecular flexibility index (Phi) is 3.52. The SMILES string of the molecule is CC1CCC(C(=O)Nc2cc/c(=N/N)n(N)c2)O1. The molecule has 1 fully saturated rings. The van der Waals surface area contributed by atoms with Gasteiger partial charge in [-0.15, -0.1) is 0 Å². The van der Waals surface area contributed by atoms with Crippen molar-refractivity contribution in [1.29, 1.82) is 0 Å². The van der Waals surface area contributed by atoms with E-state index in [9.17, 15) is 4.79 Å². The predicted molar refractivity (Wildman–Crippen MR) is 66.5 cm³/mol. The van der Waals surface area contributed by atoms with E-state index in [0.29, 0.717) is 11.2 Å². The van der Waals surface area contributed by atoms with Crippen LogP contribution in [0.1, 0.15) is 19.8 Å². The normalized spacial score (nSPS) is 24.2. The average Bonchev–Trinajstić information content (AvgIpc) is 2.76. The average molecular weight is 251 g/mol. The number of amides is 1. The van der Waals surface area contributed by atoms with E-state index in [4.69, 9.17) is 16.4 Å². The number of rotatable bonds is 2. The molecular weight excluding hydrogens is 234 g/mol. The van der Waals surface area contributed by atoms with Crippen molar-refractivity contribution in [2.75, 3.05) is 11.2 Å². The first-order valence-corrected chi connectivity index (χ1v) is 5.78. The molecule has 0 aliphatic carbocycles. The molecule has 1 aliphatic heterocycles. The van der Waals surface area contributed by atoms with Gasteiger partial charge in [-0.3, -0.25) is 4.79 Å². The number of hydrogen-bond acceptors (Lipinski definition) is 5. The molecule has 0 aromatic carbocycles. The lowest BCUT2D eigenvalue weighted by atomic mass is 10.2. The van der Waals surface area contributed by atoms with Gasteiger partial charge in [0.2, 0.25) is 0 Å². The minimum atomic E-state index is -0.384. The number of carbonyl (C=O) groups excluding carboxylic acids is 1. The summed E-state index contributed by atoms with van der Waals surface area (Å²) in [6, 6.07) is 3.30. The van der Waals surface area contributed by atoms with Gasteiger partial charge in [-0.05, 0) is 31.9 Å². The highest BCUT2D eigenvalue weighted by molar-refractivity contribution is 5.94. The molecule has 0 saturated carbocycles. The van der Waals surface area contributed by atoms with Crippen LogP contribution in [0.3, 0.4) is 0 Å². The number of nitrogen functional groups attached to an aromatic ring is 1. The largest absolute Gasteiger partial charge is 0.365 e. The third-order valence-electron chi connectivity index (χ3n) is 2.88. The van der Waals surface area contributed by atoms with Gasteiger partial charge in [0.1, 0.15) is 6.10 Å². The third-order valence-corrected chi connectivity index (χ3v) is 2.88. The fourth-order valence-corrected chi connectivity index (χ4v) is 1.91. The Morgan fingerprint density at radius 3 is 2.89 bits per heavy atom. The van der Waals surface area contributed by atoms with E-state index in [1.807, 2.05) is 6.92 Å². The Hall–Kier alpha value is -2.02. The van der Waals surface area contributed by atoms with Gasteiger partial charge in [-0.2, -0.15) is 5.10 Å². The van der Waals surface area contributed by atoms with E-state index >= 15 is 0 Å². The maximum atomic E-state index is 11.9. The van der Waals surface area contributed by atoms with Crippen molar-refractivity contribution in [2.24, 2.45) is 10.9 Å². The van der Waals surface area contributed by atoms with Gasteiger partial charge in [0, 0.05) is 0 Å². The minimum absolute atomic E-state index is 0.138. The molecule has 2 atom stereocenters. The lowest BCUT2D eigenvalue weighted by molar-refractivity contribution is -0.126. The monoisotopic (exact) mass is 251 g/mol. The maximum Gasteiger partial charge on any atom is 0.253 e. The number of nitrogens with one attached hydrogen (secondary N) is 1. The van der Waals surface area contributed by atoms with Gasteiger partial charge in [-0.25, -0.2) is 4.68 Å². The second-order valence-electron chi connectivity index (χ2n) is 4.31. The molecule has 98 valence electrons. The summed E-state index contributed by atoms with van der Waals surface area (Å²) in [5.41, 5.74) is 0.997. The van der Waals surface area contributed by atoms with Crippen LogP contribution in [0.25, 0.3) is 0 Å². The Labute approximate surface area is 104 Å². The molecule has 2 heterocycles. The molecule has 7 nitrogen and oxygen atoms in total. The third kappa shape index (κ3) is 2.62. The summed E-state index contributed by atoms with van der Waals surface area (Å²) in [5.74, 6) is 10.6. The standard InChI is InChI=1S/C11H17N5O2/c1-7-2-4-9(18-7)11(17)14-8-3-5-10(15-12)16(13)6-8/h3,5-7,9H,2,4,12-13H2,1H3,(H,14,17)/b15-10-. The molecule has 0 bridgehead atoms. The molecule has 1 aliphatic rings. The van der Waals surface area contributed by atoms with Crippen molar-refractivity contribution >= 4 is 11.6 Å². The van der Waals surface area contributed by atoms with Crippen molar-refractivity contribution in [3.05, 3.63) is 23.8 Å². The first-order chi connectivity index (χ1) is 8.60. The molecule has 1 aromatic rings. The van der Waals surface area contributed by atoms with Crippen molar-refractivity contribution in [2.45, 2.75) is 32.0 Å². The van der Waals surface area contributed by atoms with Crippen molar-refractivity contribution < 1.29 is 9.53 Å². The van der Waals surface area contributed by atoms with Crippen LogP contribution in [0.15, 0.2) is 23.4 Å². The van der Waals surface area contributed by atoms with E-state index in [1.165, 1.54) is 4.68 Å². The first-order valence-electron chi connectivity index (χ1n) is 5.78. The van der Waals surface area contributed by atoms with E-state index in [2.05, 4.69) is 10.4 Å². The molecule has 1 aromatic heterocycles. The first kappa shape index (κ1) is 12.4. The lowest BCUT2D eigenvalue weighted by Crippen LogP contribution is -2.31. The smallest absolute Gasteiger partial charge is 0.253 e. The van der Waals surface area contributed by atoms with E-state index in [-0.39, 0.29) is 18.1 Å². The summed E-state index contributed by atoms with van der Waals surface area (Å²) < 4.78 is 6.73. The zero-order valence-electron chi connectivity index (χ0n) is 10.2. The van der Waals surface area contributed by atoms with Crippen LogP contribution in [-0.2, 0) is 9.53 Å². The molecule has 7 heteroatoms. The van der Waals surface area contributed by atoms with Crippen molar-refractivity contribution in [3.8, 4) is 0 Å². The second-order valence-corrected chi connectivity index (χ2v) is 4.31. The highest BCUT2D eigenvalue weighted by Gasteiger charge is 2.28. The molecule has 1 saturated heterocycles. The van der Waals surface area contributed by atoms with Gasteiger partial charge in [0.15, 0.2) is 5.49 Å². The molecule has 2 rings (SSSR count). The fraction of sp³-hybridized carbons (Fsp3) is 0.455. The van der Waals surface area contributed by atoms with E-state index in [1.54, 1.807) is 18.3 Å². The number of nitrogens with two attached hydrogens (primary N) is 2. The highest BCUT2D eigenvalue weighted by atomic mass is 16.5. The zero-order valence-corrected chi connectivity index (χ0v) is 10.2. The van der Waals surface area contributed by atoms with Gasteiger partial charge >= 0.3 is 0 Å². The maximum absolute atomic E-state index is 11.9. The quantitative estimate of drug-likeness (QED) is 0.485. The van der Waals surface area contributed by atoms with Gasteiger partial charge in [0.25, 0.3) is 5.91 Å². The predicted octanol–water partition coefficient (Wildman–Crippen LogP) is -0.518. The number of aromatic nitrogens is 1. The van der Waals surface area contributed by atoms with Crippen LogP contribution >= 0.6 is 0 Å². The summed E-state index contributed by atoms with van der Waals surface area (Å²) in [5, 5.41) is 6.23. The molecule has 2 unspecified atom stereocenters. The molecule has 5 N–H and O–H groups in total. The summed E-state index contributed by atoms with van der Waals surface area (Å²) >= 11 is 0. The fourth-order valence-electron chi connectivity index (χ4n) is 1.91. The van der Waals surface area contributed by atoms with Crippen LogP contribution in [-0.4, -0.2) is 22.8 Å². The molecule has 0 spiro atoms. The molecule has 0 radical (unpaired) electrons. The Bertz CT molecular complexity index is 510. The number of nitrogens with zero attached hydrogens (tertiary/aromatic N) is 2. The highest BCUT2D eigenvalue weighted by Crippen LogP contribution is 2.20.